The van der Waals surface area contributed by atoms with Crippen molar-refractivity contribution in [1.82, 2.24) is 0 Å². The largest absolute Gasteiger partial charge is 0.480 e. The topological polar surface area (TPSA) is 66.4 Å². The summed E-state index contributed by atoms with van der Waals surface area (Å²) in [6.07, 6.45) is 2.76. The zero-order valence-corrected chi connectivity index (χ0v) is 10.2. The predicted octanol–water partition coefficient (Wildman–Crippen LogP) is 2.21. The minimum atomic E-state index is -1.19. The van der Waals surface area contributed by atoms with Crippen molar-refractivity contribution in [3.8, 4) is 0 Å². The van der Waals surface area contributed by atoms with Crippen molar-refractivity contribution in [2.45, 2.75) is 17.7 Å². The van der Waals surface area contributed by atoms with Crippen LogP contribution in [0.25, 0.3) is 0 Å². The first-order valence-electron chi connectivity index (χ1n) is 5.28. The third-order valence-corrected chi connectivity index (χ3v) is 3.75. The van der Waals surface area contributed by atoms with Gasteiger partial charge < -0.3 is 10.4 Å². The number of carbonyl (C=O) groups is 2. The zero-order valence-electron chi connectivity index (χ0n) is 9.40. The number of benzene rings is 1. The van der Waals surface area contributed by atoms with Crippen LogP contribution in [0.15, 0.2) is 29.2 Å². The van der Waals surface area contributed by atoms with Gasteiger partial charge in [0.25, 0.3) is 0 Å². The van der Waals surface area contributed by atoms with E-state index in [-0.39, 0.29) is 0 Å². The fourth-order valence-electron chi connectivity index (χ4n) is 1.65. The summed E-state index contributed by atoms with van der Waals surface area (Å²) in [5, 5.41) is 11.7. The Morgan fingerprint density at radius 1 is 1.35 bits per heavy atom. The molecule has 1 aromatic rings. The number of anilines is 1. The summed E-state index contributed by atoms with van der Waals surface area (Å²) in [7, 11) is 0. The molecule has 0 spiro atoms. The minimum Gasteiger partial charge on any atom is -0.480 e. The van der Waals surface area contributed by atoms with Gasteiger partial charge in [-0.25, -0.2) is 0 Å². The molecular weight excluding hydrogens is 238 g/mol. The minimum absolute atomic E-state index is 0.411. The van der Waals surface area contributed by atoms with E-state index in [1.54, 1.807) is 6.07 Å². The molecule has 90 valence electrons. The summed E-state index contributed by atoms with van der Waals surface area (Å²) < 4.78 is 0. The molecule has 2 rings (SSSR count). The molecule has 1 saturated carbocycles. The Balaban J connectivity index is 2.16. The highest BCUT2D eigenvalue weighted by molar-refractivity contribution is 7.98. The van der Waals surface area contributed by atoms with Gasteiger partial charge in [0.15, 0.2) is 0 Å². The lowest BCUT2D eigenvalue weighted by Crippen LogP contribution is -2.31. The van der Waals surface area contributed by atoms with Crippen LogP contribution in [-0.2, 0) is 9.59 Å². The fraction of sp³-hybridized carbons (Fsp3) is 0.333. The van der Waals surface area contributed by atoms with Gasteiger partial charge in [-0.3, -0.25) is 9.59 Å². The highest BCUT2D eigenvalue weighted by atomic mass is 32.2. The Labute approximate surface area is 103 Å². The second kappa shape index (κ2) is 4.41. The van der Waals surface area contributed by atoms with E-state index in [4.69, 9.17) is 5.11 Å². The number of amides is 1. The maximum absolute atomic E-state index is 11.9. The highest BCUT2D eigenvalue weighted by Gasteiger charge is 2.57. The van der Waals surface area contributed by atoms with E-state index in [1.165, 1.54) is 11.8 Å². The molecule has 2 N–H and O–H groups in total. The van der Waals surface area contributed by atoms with Crippen molar-refractivity contribution in [1.29, 1.82) is 0 Å². The van der Waals surface area contributed by atoms with Gasteiger partial charge in [0.05, 0.1) is 5.69 Å². The van der Waals surface area contributed by atoms with Crippen LogP contribution in [0.1, 0.15) is 12.8 Å². The number of rotatable bonds is 4. The van der Waals surface area contributed by atoms with Gasteiger partial charge in [0.2, 0.25) is 5.91 Å². The van der Waals surface area contributed by atoms with E-state index in [0.29, 0.717) is 18.5 Å². The molecule has 0 aromatic heterocycles. The average Bonchev–Trinajstić information content (AvgIpc) is 3.10. The third kappa shape index (κ3) is 2.15. The van der Waals surface area contributed by atoms with Gasteiger partial charge in [-0.05, 0) is 31.2 Å². The summed E-state index contributed by atoms with van der Waals surface area (Å²) in [5.74, 6) is -1.44. The number of aliphatic carboxylic acids is 1. The van der Waals surface area contributed by atoms with Crippen LogP contribution in [0.5, 0.6) is 0 Å². The summed E-state index contributed by atoms with van der Waals surface area (Å²) in [4.78, 5) is 23.8. The van der Waals surface area contributed by atoms with Crippen molar-refractivity contribution >= 4 is 29.3 Å². The van der Waals surface area contributed by atoms with Crippen molar-refractivity contribution in [3.05, 3.63) is 24.3 Å². The van der Waals surface area contributed by atoms with Crippen molar-refractivity contribution in [3.63, 3.8) is 0 Å². The maximum atomic E-state index is 11.9. The zero-order chi connectivity index (χ0) is 12.5. The number of carboxylic acids is 1. The van der Waals surface area contributed by atoms with Crippen LogP contribution >= 0.6 is 11.8 Å². The summed E-state index contributed by atoms with van der Waals surface area (Å²) >= 11 is 1.51. The molecule has 1 fully saturated rings. The van der Waals surface area contributed by atoms with Gasteiger partial charge in [-0.2, -0.15) is 0 Å². The van der Waals surface area contributed by atoms with Gasteiger partial charge in [0.1, 0.15) is 5.41 Å². The molecule has 0 saturated heterocycles. The number of nitrogens with one attached hydrogen (secondary N) is 1. The lowest BCUT2D eigenvalue weighted by Gasteiger charge is -2.13. The Morgan fingerprint density at radius 3 is 2.53 bits per heavy atom. The molecule has 0 unspecified atom stereocenters. The Morgan fingerprint density at radius 2 is 2.00 bits per heavy atom. The van der Waals surface area contributed by atoms with Crippen molar-refractivity contribution < 1.29 is 14.7 Å². The average molecular weight is 251 g/mol. The molecule has 1 aromatic carbocycles. The number of hydrogen-bond acceptors (Lipinski definition) is 3. The SMILES string of the molecule is CSc1ccccc1NC(=O)C1(C(=O)O)CC1. The first-order chi connectivity index (χ1) is 8.10. The fourth-order valence-corrected chi connectivity index (χ4v) is 2.21. The summed E-state index contributed by atoms with van der Waals surface area (Å²) in [6.45, 7) is 0. The van der Waals surface area contributed by atoms with E-state index in [1.807, 2.05) is 24.5 Å². The lowest BCUT2D eigenvalue weighted by atomic mass is 10.1. The van der Waals surface area contributed by atoms with E-state index in [9.17, 15) is 9.59 Å². The molecule has 5 heteroatoms. The number of hydrogen-bond donors (Lipinski definition) is 2. The molecule has 0 heterocycles. The van der Waals surface area contributed by atoms with Gasteiger partial charge in [0, 0.05) is 4.90 Å². The molecule has 1 amide bonds. The monoisotopic (exact) mass is 251 g/mol. The number of thioether (sulfide) groups is 1. The van der Waals surface area contributed by atoms with Crippen molar-refractivity contribution in [2.24, 2.45) is 5.41 Å². The van der Waals surface area contributed by atoms with Gasteiger partial charge in [-0.1, -0.05) is 12.1 Å². The Hall–Kier alpha value is -1.49. The molecule has 0 atom stereocenters. The van der Waals surface area contributed by atoms with E-state index < -0.39 is 17.3 Å². The number of carboxylic acid groups (broad SMARTS) is 1. The van der Waals surface area contributed by atoms with Crippen LogP contribution in [0.2, 0.25) is 0 Å². The van der Waals surface area contributed by atoms with Crippen molar-refractivity contribution in [2.75, 3.05) is 11.6 Å². The molecular formula is C12H13NO3S. The van der Waals surface area contributed by atoms with Crippen LogP contribution in [0.4, 0.5) is 5.69 Å². The highest BCUT2D eigenvalue weighted by Crippen LogP contribution is 2.47. The van der Waals surface area contributed by atoms with Gasteiger partial charge >= 0.3 is 5.97 Å². The normalized spacial score (nSPS) is 16.3. The molecule has 1 aliphatic carbocycles. The molecule has 1 aliphatic rings. The Bertz CT molecular complexity index is 469. The Kier molecular flexibility index (Phi) is 3.11. The molecule has 0 radical (unpaired) electrons. The molecule has 0 bridgehead atoms. The van der Waals surface area contributed by atoms with E-state index >= 15 is 0 Å². The smallest absolute Gasteiger partial charge is 0.319 e. The maximum Gasteiger partial charge on any atom is 0.319 e. The quantitative estimate of drug-likeness (QED) is 0.636. The standard InChI is InChI=1S/C12H13NO3S/c1-17-9-5-3-2-4-8(9)13-10(14)12(6-7-12)11(15)16/h2-5H,6-7H2,1H3,(H,13,14)(H,15,16). The second-order valence-corrected chi connectivity index (χ2v) is 4.89. The molecule has 17 heavy (non-hydrogen) atoms. The summed E-state index contributed by atoms with van der Waals surface area (Å²) in [5.41, 5.74) is -0.511. The second-order valence-electron chi connectivity index (χ2n) is 4.04. The van der Waals surface area contributed by atoms with Crippen LogP contribution < -0.4 is 5.32 Å². The molecule has 4 nitrogen and oxygen atoms in total. The van der Waals surface area contributed by atoms with Crippen LogP contribution in [0, 0.1) is 5.41 Å². The van der Waals surface area contributed by atoms with Crippen LogP contribution in [0.3, 0.4) is 0 Å². The van der Waals surface area contributed by atoms with E-state index in [0.717, 1.165) is 4.90 Å². The van der Waals surface area contributed by atoms with E-state index in [2.05, 4.69) is 5.32 Å². The first-order valence-corrected chi connectivity index (χ1v) is 6.50. The first kappa shape index (κ1) is 12.0. The molecule has 0 aliphatic heterocycles. The van der Waals surface area contributed by atoms with Gasteiger partial charge in [-0.15, -0.1) is 11.8 Å². The number of para-hydroxylation sites is 1. The lowest BCUT2D eigenvalue weighted by molar-refractivity contribution is -0.147. The van der Waals surface area contributed by atoms with Crippen LogP contribution in [-0.4, -0.2) is 23.2 Å². The number of carbonyl (C=O) groups excluding carboxylic acids is 1. The summed E-state index contributed by atoms with van der Waals surface area (Å²) in [6, 6.07) is 7.36. The third-order valence-electron chi connectivity index (χ3n) is 2.95. The predicted molar refractivity (Wildman–Crippen MR) is 66.2 cm³/mol.